The Labute approximate surface area is 219 Å². The van der Waals surface area contributed by atoms with E-state index in [0.717, 1.165) is 24.2 Å². The molecule has 12 nitrogen and oxygen atoms in total. The van der Waals surface area contributed by atoms with Crippen molar-refractivity contribution in [1.82, 2.24) is 30.1 Å². The number of pyridine rings is 1. The maximum Gasteiger partial charge on any atom is 0.253 e. The van der Waals surface area contributed by atoms with Crippen LogP contribution in [0.2, 0.25) is 0 Å². The van der Waals surface area contributed by atoms with Crippen molar-refractivity contribution in [3.63, 3.8) is 0 Å². The van der Waals surface area contributed by atoms with Gasteiger partial charge in [0.1, 0.15) is 11.8 Å². The number of phenols is 1. The number of methoxy groups -OCH3 is 3. The van der Waals surface area contributed by atoms with Gasteiger partial charge in [0, 0.05) is 56.0 Å². The number of anilines is 1. The summed E-state index contributed by atoms with van der Waals surface area (Å²) in [6, 6.07) is 12.2. The molecular weight excluding hydrogens is 490 g/mol. The summed E-state index contributed by atoms with van der Waals surface area (Å²) in [4.78, 5) is 21.0. The fraction of sp³-hybridized carbons (Fsp3) is 0.385. The summed E-state index contributed by atoms with van der Waals surface area (Å²) in [5.41, 5.74) is 1.99. The molecule has 38 heavy (non-hydrogen) atoms. The third-order valence-electron chi connectivity index (χ3n) is 6.88. The van der Waals surface area contributed by atoms with Gasteiger partial charge in [0.25, 0.3) is 5.56 Å². The number of nitrogens with zero attached hydrogens (tertiary/aromatic N) is 6. The number of fused-ring (bicyclic) bond motifs is 1. The van der Waals surface area contributed by atoms with E-state index in [2.05, 4.69) is 30.3 Å². The second-order valence-corrected chi connectivity index (χ2v) is 9.04. The maximum absolute atomic E-state index is 13.5. The van der Waals surface area contributed by atoms with Gasteiger partial charge < -0.3 is 29.2 Å². The zero-order valence-corrected chi connectivity index (χ0v) is 21.6. The number of piperazine rings is 1. The van der Waals surface area contributed by atoms with Gasteiger partial charge in [-0.2, -0.15) is 0 Å². The molecule has 0 spiro atoms. The smallest absolute Gasteiger partial charge is 0.253 e. The first-order valence-electron chi connectivity index (χ1n) is 12.3. The van der Waals surface area contributed by atoms with Crippen LogP contribution in [0, 0.1) is 0 Å². The molecule has 1 aliphatic rings. The third-order valence-corrected chi connectivity index (χ3v) is 6.88. The Hall–Kier alpha value is -4.16. The van der Waals surface area contributed by atoms with E-state index in [-0.39, 0.29) is 11.3 Å². The van der Waals surface area contributed by atoms with Gasteiger partial charge in [-0.3, -0.25) is 9.69 Å². The number of benzene rings is 2. The Bertz CT molecular complexity index is 1440. The largest absolute Gasteiger partial charge is 0.508 e. The lowest BCUT2D eigenvalue weighted by Crippen LogP contribution is -2.49. The number of rotatable bonds is 9. The first-order chi connectivity index (χ1) is 18.5. The van der Waals surface area contributed by atoms with Gasteiger partial charge in [-0.15, -0.1) is 5.10 Å². The number of nitrogens with one attached hydrogen (secondary N) is 1. The third kappa shape index (κ3) is 5.00. The molecule has 4 aromatic rings. The van der Waals surface area contributed by atoms with E-state index in [1.165, 1.54) is 0 Å². The molecule has 3 heterocycles. The Morgan fingerprint density at radius 2 is 1.71 bits per heavy atom. The summed E-state index contributed by atoms with van der Waals surface area (Å²) in [5, 5.41) is 22.9. The van der Waals surface area contributed by atoms with Crippen molar-refractivity contribution in [2.45, 2.75) is 12.6 Å². The number of phenolic OH excluding ortho intramolecular Hbond substituents is 1. The summed E-state index contributed by atoms with van der Waals surface area (Å²) in [5.74, 6) is 1.92. The number of ether oxygens (including phenoxy) is 3. The average molecular weight is 522 g/mol. The lowest BCUT2D eigenvalue weighted by molar-refractivity contribution is 0.171. The number of tetrazole rings is 1. The Morgan fingerprint density at radius 1 is 1.00 bits per heavy atom. The van der Waals surface area contributed by atoms with Gasteiger partial charge in [-0.05, 0) is 46.8 Å². The summed E-state index contributed by atoms with van der Waals surface area (Å²) in [6.45, 7) is 3.71. The van der Waals surface area contributed by atoms with Crippen LogP contribution < -0.4 is 19.9 Å². The lowest BCUT2D eigenvalue weighted by atomic mass is 10.0. The van der Waals surface area contributed by atoms with Gasteiger partial charge in [-0.25, -0.2) is 4.68 Å². The summed E-state index contributed by atoms with van der Waals surface area (Å²) in [6.07, 6.45) is 0. The van der Waals surface area contributed by atoms with Gasteiger partial charge in [0.2, 0.25) is 0 Å². The Morgan fingerprint density at radius 3 is 2.39 bits per heavy atom. The van der Waals surface area contributed by atoms with E-state index in [1.807, 2.05) is 24.3 Å². The normalized spacial score (nSPS) is 15.1. The highest BCUT2D eigenvalue weighted by Crippen LogP contribution is 2.33. The van der Waals surface area contributed by atoms with Gasteiger partial charge in [-0.1, -0.05) is 0 Å². The van der Waals surface area contributed by atoms with Crippen molar-refractivity contribution in [3.05, 3.63) is 64.2 Å². The van der Waals surface area contributed by atoms with Crippen molar-refractivity contribution >= 4 is 16.6 Å². The second-order valence-electron chi connectivity index (χ2n) is 9.04. The minimum Gasteiger partial charge on any atom is -0.508 e. The van der Waals surface area contributed by atoms with E-state index >= 15 is 0 Å². The molecular formula is C26H31N7O5. The fourth-order valence-electron chi connectivity index (χ4n) is 4.90. The molecule has 2 aromatic heterocycles. The average Bonchev–Trinajstić information content (AvgIpc) is 3.40. The van der Waals surface area contributed by atoms with Crippen LogP contribution in [-0.4, -0.2) is 89.3 Å². The second kappa shape index (κ2) is 11.1. The number of aromatic hydroxyl groups is 1. The van der Waals surface area contributed by atoms with Crippen molar-refractivity contribution in [3.8, 4) is 17.2 Å². The predicted molar refractivity (Wildman–Crippen MR) is 141 cm³/mol. The molecule has 200 valence electrons. The summed E-state index contributed by atoms with van der Waals surface area (Å²) < 4.78 is 17.8. The van der Waals surface area contributed by atoms with Crippen LogP contribution in [0.15, 0.2) is 47.3 Å². The van der Waals surface area contributed by atoms with Crippen molar-refractivity contribution in [2.75, 3.05) is 59.0 Å². The van der Waals surface area contributed by atoms with Crippen LogP contribution in [0.25, 0.3) is 10.9 Å². The van der Waals surface area contributed by atoms with Gasteiger partial charge >= 0.3 is 0 Å². The molecule has 0 saturated carbocycles. The summed E-state index contributed by atoms with van der Waals surface area (Å²) in [7, 11) is 4.76. The first-order valence-corrected chi connectivity index (χ1v) is 12.3. The minimum absolute atomic E-state index is 0.225. The zero-order valence-electron chi connectivity index (χ0n) is 21.6. The number of aromatic amines is 1. The summed E-state index contributed by atoms with van der Waals surface area (Å²) >= 11 is 0. The fourth-order valence-corrected chi connectivity index (χ4v) is 4.90. The Balaban J connectivity index is 1.54. The highest BCUT2D eigenvalue weighted by molar-refractivity contribution is 5.83. The molecule has 0 bridgehead atoms. The van der Waals surface area contributed by atoms with Crippen LogP contribution >= 0.6 is 0 Å². The van der Waals surface area contributed by atoms with E-state index in [9.17, 15) is 9.90 Å². The molecule has 1 fully saturated rings. The first kappa shape index (κ1) is 25.5. The number of aromatic nitrogens is 5. The standard InChI is InChI=1S/C26H31N7O5/c1-36-13-12-33-25(28-29-30-33)24(32-10-8-31(9-11-32)18-4-6-19(34)7-5-18)20-14-17-15-22(37-2)23(38-3)16-21(17)27-26(20)35/h4-7,14-16,24,34H,8-13H2,1-3H3,(H,27,35)/t24-/m1/s1. The molecule has 0 radical (unpaired) electrons. The van der Waals surface area contributed by atoms with Crippen LogP contribution in [0.1, 0.15) is 17.4 Å². The quantitative estimate of drug-likeness (QED) is 0.336. The predicted octanol–water partition coefficient (Wildman–Crippen LogP) is 1.80. The van der Waals surface area contributed by atoms with Crippen LogP contribution in [0.5, 0.6) is 17.2 Å². The van der Waals surface area contributed by atoms with Crippen LogP contribution in [0.4, 0.5) is 5.69 Å². The van der Waals surface area contributed by atoms with Gasteiger partial charge in [0.15, 0.2) is 17.3 Å². The molecule has 0 unspecified atom stereocenters. The van der Waals surface area contributed by atoms with E-state index in [0.29, 0.717) is 54.6 Å². The number of hydrogen-bond donors (Lipinski definition) is 2. The molecule has 1 atom stereocenters. The number of hydrogen-bond acceptors (Lipinski definition) is 10. The SMILES string of the molecule is COCCn1nnnc1[C@@H](c1cc2cc(OC)c(OC)cc2[nH]c1=O)N1CCN(c2ccc(O)cc2)CC1. The lowest BCUT2D eigenvalue weighted by Gasteiger charge is -2.39. The molecule has 1 saturated heterocycles. The van der Waals surface area contributed by atoms with Crippen LogP contribution in [0.3, 0.4) is 0 Å². The molecule has 2 aromatic carbocycles. The monoisotopic (exact) mass is 521 g/mol. The topological polar surface area (TPSA) is 131 Å². The molecule has 5 rings (SSSR count). The number of H-pyrrole nitrogens is 1. The van der Waals surface area contributed by atoms with E-state index in [4.69, 9.17) is 14.2 Å². The van der Waals surface area contributed by atoms with Crippen molar-refractivity contribution in [2.24, 2.45) is 0 Å². The highest BCUT2D eigenvalue weighted by atomic mass is 16.5. The molecule has 2 N–H and O–H groups in total. The minimum atomic E-state index is -0.481. The molecule has 0 aliphatic carbocycles. The van der Waals surface area contributed by atoms with E-state index < -0.39 is 6.04 Å². The van der Waals surface area contributed by atoms with E-state index in [1.54, 1.807) is 44.2 Å². The van der Waals surface area contributed by atoms with Gasteiger partial charge in [0.05, 0.1) is 32.9 Å². The van der Waals surface area contributed by atoms with Crippen molar-refractivity contribution in [1.29, 1.82) is 0 Å². The molecule has 12 heteroatoms. The maximum atomic E-state index is 13.5. The zero-order chi connectivity index (χ0) is 26.6. The highest BCUT2D eigenvalue weighted by Gasteiger charge is 2.33. The Kier molecular flexibility index (Phi) is 7.43. The molecule has 0 amide bonds. The van der Waals surface area contributed by atoms with Crippen molar-refractivity contribution < 1.29 is 19.3 Å². The molecule has 1 aliphatic heterocycles. The van der Waals surface area contributed by atoms with Crippen LogP contribution in [-0.2, 0) is 11.3 Å².